The standard InChI is InChI=1S/C17H14F3O2/c1-21-16(22-15-8-3-2-4-9-15)11-10-13-6-5-7-14(12-13)17(18,19)20/h3-12,16H,1H3. The van der Waals surface area contributed by atoms with E-state index < -0.39 is 18.0 Å². The molecule has 115 valence electrons. The molecule has 0 amide bonds. The monoisotopic (exact) mass is 307 g/mol. The van der Waals surface area contributed by atoms with Crippen LogP contribution in [0.3, 0.4) is 0 Å². The minimum atomic E-state index is -4.36. The Kier molecular flexibility index (Phi) is 5.22. The van der Waals surface area contributed by atoms with Crippen molar-refractivity contribution >= 4 is 6.08 Å². The zero-order chi connectivity index (χ0) is 16.0. The van der Waals surface area contributed by atoms with Crippen molar-refractivity contribution in [3.63, 3.8) is 0 Å². The topological polar surface area (TPSA) is 18.5 Å². The molecule has 1 radical (unpaired) electrons. The molecule has 0 heterocycles. The zero-order valence-corrected chi connectivity index (χ0v) is 11.8. The zero-order valence-electron chi connectivity index (χ0n) is 11.8. The van der Waals surface area contributed by atoms with Gasteiger partial charge in [0.1, 0.15) is 5.75 Å². The second kappa shape index (κ2) is 7.13. The number of ether oxygens (including phenoxy) is 2. The second-order valence-electron chi connectivity index (χ2n) is 4.44. The summed E-state index contributed by atoms with van der Waals surface area (Å²) in [7, 11) is 1.45. The molecule has 2 aromatic carbocycles. The van der Waals surface area contributed by atoms with Gasteiger partial charge in [0, 0.05) is 7.11 Å². The van der Waals surface area contributed by atoms with Gasteiger partial charge in [0.2, 0.25) is 6.29 Å². The quantitative estimate of drug-likeness (QED) is 0.753. The average Bonchev–Trinajstić information content (AvgIpc) is 2.52. The van der Waals surface area contributed by atoms with E-state index in [-0.39, 0.29) is 0 Å². The van der Waals surface area contributed by atoms with Crippen LogP contribution < -0.4 is 4.74 Å². The first-order valence-electron chi connectivity index (χ1n) is 6.50. The van der Waals surface area contributed by atoms with Crippen LogP contribution in [0.5, 0.6) is 5.75 Å². The molecule has 0 N–H and O–H groups in total. The van der Waals surface area contributed by atoms with Crippen molar-refractivity contribution < 1.29 is 22.6 Å². The highest BCUT2D eigenvalue weighted by Gasteiger charge is 2.30. The van der Waals surface area contributed by atoms with Crippen LogP contribution in [-0.2, 0) is 10.9 Å². The Hall–Kier alpha value is -2.27. The molecule has 2 rings (SSSR count). The minimum Gasteiger partial charge on any atom is -0.461 e. The third kappa shape index (κ3) is 4.63. The van der Waals surface area contributed by atoms with E-state index in [1.807, 2.05) is 0 Å². The van der Waals surface area contributed by atoms with Gasteiger partial charge in [-0.25, -0.2) is 0 Å². The molecule has 0 aliphatic carbocycles. The first-order valence-corrected chi connectivity index (χ1v) is 6.50. The van der Waals surface area contributed by atoms with Gasteiger partial charge < -0.3 is 9.47 Å². The summed E-state index contributed by atoms with van der Waals surface area (Å²) in [6, 6.07) is 14.7. The summed E-state index contributed by atoms with van der Waals surface area (Å²) in [6.45, 7) is 0. The minimum absolute atomic E-state index is 0.418. The van der Waals surface area contributed by atoms with Crippen LogP contribution in [0.1, 0.15) is 11.1 Å². The van der Waals surface area contributed by atoms with Crippen LogP contribution in [0.2, 0.25) is 0 Å². The van der Waals surface area contributed by atoms with Crippen LogP contribution >= 0.6 is 0 Å². The van der Waals surface area contributed by atoms with Crippen molar-refractivity contribution in [1.29, 1.82) is 0 Å². The SMILES string of the molecule is COC(C=Cc1cccc(C(F)(F)F)c1)Oc1cc[c]cc1. The molecular formula is C17H14F3O2. The highest BCUT2D eigenvalue weighted by atomic mass is 19.4. The Labute approximate surface area is 126 Å². The number of rotatable bonds is 5. The molecule has 1 atom stereocenters. The highest BCUT2D eigenvalue weighted by molar-refractivity contribution is 5.51. The van der Waals surface area contributed by atoms with Gasteiger partial charge in [-0.05, 0) is 42.0 Å². The van der Waals surface area contributed by atoms with E-state index in [1.54, 1.807) is 36.4 Å². The Morgan fingerprint density at radius 2 is 1.86 bits per heavy atom. The first-order chi connectivity index (χ1) is 10.5. The van der Waals surface area contributed by atoms with Crippen molar-refractivity contribution in [2.45, 2.75) is 12.5 Å². The van der Waals surface area contributed by atoms with Gasteiger partial charge in [0.15, 0.2) is 0 Å². The molecule has 0 aliphatic heterocycles. The molecule has 0 fully saturated rings. The normalized spacial score (nSPS) is 13.3. The largest absolute Gasteiger partial charge is 0.461 e. The molecular weight excluding hydrogens is 293 g/mol. The second-order valence-corrected chi connectivity index (χ2v) is 4.44. The molecule has 0 spiro atoms. The average molecular weight is 307 g/mol. The maximum atomic E-state index is 12.6. The van der Waals surface area contributed by atoms with Crippen LogP contribution in [-0.4, -0.2) is 13.4 Å². The summed E-state index contributed by atoms with van der Waals surface area (Å²) in [5.74, 6) is 0.583. The summed E-state index contributed by atoms with van der Waals surface area (Å²) in [5, 5.41) is 0. The summed E-state index contributed by atoms with van der Waals surface area (Å²) >= 11 is 0. The van der Waals surface area contributed by atoms with E-state index in [9.17, 15) is 13.2 Å². The maximum absolute atomic E-state index is 12.6. The molecule has 0 saturated heterocycles. The Balaban J connectivity index is 2.09. The summed E-state index contributed by atoms with van der Waals surface area (Å²) in [4.78, 5) is 0. The molecule has 0 saturated carbocycles. The van der Waals surface area contributed by atoms with Crippen molar-refractivity contribution in [3.05, 3.63) is 71.8 Å². The van der Waals surface area contributed by atoms with E-state index in [0.717, 1.165) is 12.1 Å². The lowest BCUT2D eigenvalue weighted by Crippen LogP contribution is -2.15. The fraction of sp³-hybridized carbons (Fsp3) is 0.176. The number of benzene rings is 2. The van der Waals surface area contributed by atoms with Gasteiger partial charge >= 0.3 is 6.18 Å². The maximum Gasteiger partial charge on any atom is 0.416 e. The summed E-state index contributed by atoms with van der Waals surface area (Å²) < 4.78 is 48.6. The van der Waals surface area contributed by atoms with Gasteiger partial charge in [-0.15, -0.1) is 0 Å². The Morgan fingerprint density at radius 3 is 2.50 bits per heavy atom. The van der Waals surface area contributed by atoms with E-state index in [1.165, 1.54) is 19.3 Å². The number of methoxy groups -OCH3 is 1. The lowest BCUT2D eigenvalue weighted by Gasteiger charge is -2.13. The molecule has 0 bridgehead atoms. The van der Waals surface area contributed by atoms with Crippen molar-refractivity contribution in [1.82, 2.24) is 0 Å². The Bertz CT molecular complexity index is 621. The van der Waals surface area contributed by atoms with Crippen LogP contribution in [0.4, 0.5) is 13.2 Å². The number of hydrogen-bond acceptors (Lipinski definition) is 2. The fourth-order valence-electron chi connectivity index (χ4n) is 1.76. The van der Waals surface area contributed by atoms with Crippen LogP contribution in [0.15, 0.2) is 54.6 Å². The lowest BCUT2D eigenvalue weighted by atomic mass is 10.1. The molecule has 2 nitrogen and oxygen atoms in total. The predicted molar refractivity (Wildman–Crippen MR) is 77.2 cm³/mol. The molecule has 2 aromatic rings. The molecule has 22 heavy (non-hydrogen) atoms. The summed E-state index contributed by atoms with van der Waals surface area (Å²) in [5.41, 5.74) is -0.273. The molecule has 0 aromatic heterocycles. The van der Waals surface area contributed by atoms with E-state index in [0.29, 0.717) is 11.3 Å². The van der Waals surface area contributed by atoms with Crippen LogP contribution in [0.25, 0.3) is 6.08 Å². The molecule has 1 unspecified atom stereocenters. The lowest BCUT2D eigenvalue weighted by molar-refractivity contribution is -0.137. The van der Waals surface area contributed by atoms with Gasteiger partial charge in [0.05, 0.1) is 5.56 Å². The van der Waals surface area contributed by atoms with E-state index in [4.69, 9.17) is 9.47 Å². The third-order valence-corrected chi connectivity index (χ3v) is 2.83. The fourth-order valence-corrected chi connectivity index (χ4v) is 1.76. The summed E-state index contributed by atoms with van der Waals surface area (Å²) in [6.07, 6.45) is -1.98. The van der Waals surface area contributed by atoms with Gasteiger partial charge in [0.25, 0.3) is 0 Å². The van der Waals surface area contributed by atoms with Crippen molar-refractivity contribution in [3.8, 4) is 5.75 Å². The molecule has 5 heteroatoms. The van der Waals surface area contributed by atoms with E-state index in [2.05, 4.69) is 6.07 Å². The highest BCUT2D eigenvalue weighted by Crippen LogP contribution is 2.29. The van der Waals surface area contributed by atoms with Gasteiger partial charge in [-0.2, -0.15) is 13.2 Å². The molecule has 0 aliphatic rings. The van der Waals surface area contributed by atoms with Gasteiger partial charge in [-0.1, -0.05) is 30.3 Å². The first kappa shape index (κ1) is 16.1. The predicted octanol–water partition coefficient (Wildman–Crippen LogP) is 4.57. The van der Waals surface area contributed by atoms with Crippen molar-refractivity contribution in [2.24, 2.45) is 0 Å². The Morgan fingerprint density at radius 1 is 1.14 bits per heavy atom. The van der Waals surface area contributed by atoms with Crippen molar-refractivity contribution in [2.75, 3.05) is 7.11 Å². The number of halogens is 3. The third-order valence-electron chi connectivity index (χ3n) is 2.83. The smallest absolute Gasteiger partial charge is 0.416 e. The van der Waals surface area contributed by atoms with E-state index >= 15 is 0 Å². The number of alkyl halides is 3. The number of hydrogen-bond donors (Lipinski definition) is 0. The van der Waals surface area contributed by atoms with Crippen LogP contribution in [0, 0.1) is 6.07 Å². The van der Waals surface area contributed by atoms with Gasteiger partial charge in [-0.3, -0.25) is 0 Å².